The molecular formula is C21H33NaO5S. The van der Waals surface area contributed by atoms with Gasteiger partial charge in [-0.05, 0) is 92.8 Å². The second-order valence-electron chi connectivity index (χ2n) is 10.1. The molecule has 8 unspecified atom stereocenters. The molecule has 0 spiro atoms. The van der Waals surface area contributed by atoms with Crippen molar-refractivity contribution < 1.29 is 51.8 Å². The summed E-state index contributed by atoms with van der Waals surface area (Å²) in [5.74, 6) is 2.35. The minimum atomic E-state index is -4.64. The summed E-state index contributed by atoms with van der Waals surface area (Å²) in [6.45, 7) is 6.71. The molecule has 0 saturated heterocycles. The largest absolute Gasteiger partial charge is 1.00 e. The van der Waals surface area contributed by atoms with Crippen LogP contribution in [-0.2, 0) is 14.6 Å². The van der Waals surface area contributed by atoms with Crippen LogP contribution in [0.2, 0.25) is 0 Å². The number of hydrogen-bond acceptors (Lipinski definition) is 5. The average Bonchev–Trinajstić information content (AvgIpc) is 2.91. The molecule has 0 radical (unpaired) electrons. The molecule has 28 heavy (non-hydrogen) atoms. The van der Waals surface area contributed by atoms with E-state index in [-0.39, 0.29) is 46.5 Å². The van der Waals surface area contributed by atoms with Gasteiger partial charge in [0.15, 0.2) is 0 Å². The second-order valence-corrected chi connectivity index (χ2v) is 11.1. The van der Waals surface area contributed by atoms with E-state index in [2.05, 4.69) is 19.9 Å². The fraction of sp³-hybridized carbons (Fsp3) is 0.905. The summed E-state index contributed by atoms with van der Waals surface area (Å²) in [6, 6.07) is 0. The van der Waals surface area contributed by atoms with Crippen molar-refractivity contribution in [3.63, 3.8) is 0 Å². The predicted octanol–water partition coefficient (Wildman–Crippen LogP) is 0.796. The maximum absolute atomic E-state index is 11.0. The summed E-state index contributed by atoms with van der Waals surface area (Å²) < 4.78 is 37.8. The summed E-state index contributed by atoms with van der Waals surface area (Å²) >= 11 is 0. The van der Waals surface area contributed by atoms with E-state index in [0.29, 0.717) is 36.5 Å². The van der Waals surface area contributed by atoms with Gasteiger partial charge in [-0.1, -0.05) is 25.5 Å². The summed E-state index contributed by atoms with van der Waals surface area (Å²) in [4.78, 5) is 0. The molecule has 4 rings (SSSR count). The monoisotopic (exact) mass is 420 g/mol. The van der Waals surface area contributed by atoms with Crippen LogP contribution in [0.1, 0.15) is 72.1 Å². The number of rotatable bonds is 3. The maximum atomic E-state index is 11.0. The Labute approximate surface area is 191 Å². The molecule has 5 nitrogen and oxygen atoms in total. The van der Waals surface area contributed by atoms with Crippen LogP contribution in [0.25, 0.3) is 0 Å². The Bertz CT molecular complexity index is 735. The Hall–Kier alpha value is 0.570. The molecule has 4 aliphatic rings. The first-order valence-electron chi connectivity index (χ1n) is 10.6. The van der Waals surface area contributed by atoms with Gasteiger partial charge in [0.2, 0.25) is 10.4 Å². The van der Waals surface area contributed by atoms with Gasteiger partial charge in [-0.3, -0.25) is 4.18 Å². The van der Waals surface area contributed by atoms with Crippen molar-refractivity contribution in [3.05, 3.63) is 11.6 Å². The van der Waals surface area contributed by atoms with E-state index in [1.807, 2.05) is 6.92 Å². The van der Waals surface area contributed by atoms with Crippen molar-refractivity contribution in [2.75, 3.05) is 0 Å². The van der Waals surface area contributed by atoms with E-state index < -0.39 is 16.5 Å². The van der Waals surface area contributed by atoms with E-state index >= 15 is 0 Å². The second kappa shape index (κ2) is 7.92. The molecule has 3 saturated carbocycles. The zero-order chi connectivity index (χ0) is 19.6. The first-order valence-corrected chi connectivity index (χ1v) is 11.9. The van der Waals surface area contributed by atoms with E-state index in [9.17, 15) is 18.1 Å². The summed E-state index contributed by atoms with van der Waals surface area (Å²) in [6.07, 6.45) is 9.44. The standard InChI is InChI=1S/C21H34O5S.Na/c1-13(22)17-6-7-18-16-5-4-14-12-15(26-27(23,24)25)8-10-20(14,2)19(16)9-11-21(17,18)3;/h4,13,15-19,22H,5-12H2,1-3H3,(H,23,24,25);/q;+1/p-1. The third-order valence-electron chi connectivity index (χ3n) is 8.97. The van der Waals surface area contributed by atoms with Gasteiger partial charge in [0.25, 0.3) is 0 Å². The summed E-state index contributed by atoms with van der Waals surface area (Å²) in [5.41, 5.74) is 1.64. The Balaban J connectivity index is 0.00000225. The fourth-order valence-corrected chi connectivity index (χ4v) is 8.21. The molecule has 7 heteroatoms. The minimum absolute atomic E-state index is 0. The number of aliphatic hydroxyl groups excluding tert-OH is 1. The molecule has 3 fully saturated rings. The third kappa shape index (κ3) is 3.80. The Morgan fingerprint density at radius 1 is 1.18 bits per heavy atom. The van der Waals surface area contributed by atoms with Crippen molar-refractivity contribution in [3.8, 4) is 0 Å². The molecule has 0 aromatic carbocycles. The molecule has 0 aromatic rings. The number of allylic oxidation sites excluding steroid dienone is 1. The molecule has 4 aliphatic carbocycles. The van der Waals surface area contributed by atoms with Gasteiger partial charge in [0, 0.05) is 0 Å². The number of hydrogen-bond donors (Lipinski definition) is 1. The van der Waals surface area contributed by atoms with Crippen molar-refractivity contribution in [2.45, 2.75) is 84.3 Å². The van der Waals surface area contributed by atoms with Gasteiger partial charge in [-0.2, -0.15) is 0 Å². The molecule has 0 aliphatic heterocycles. The third-order valence-corrected chi connectivity index (χ3v) is 9.48. The van der Waals surface area contributed by atoms with Crippen LogP contribution in [0.5, 0.6) is 0 Å². The fourth-order valence-electron chi connectivity index (χ4n) is 7.71. The first kappa shape index (κ1) is 23.2. The van der Waals surface area contributed by atoms with Crippen LogP contribution >= 0.6 is 0 Å². The zero-order valence-electron chi connectivity index (χ0n) is 17.7. The quantitative estimate of drug-likeness (QED) is 0.316. The van der Waals surface area contributed by atoms with Crippen molar-refractivity contribution >= 4 is 10.4 Å². The van der Waals surface area contributed by atoms with Gasteiger partial charge in [0.05, 0.1) is 12.2 Å². The van der Waals surface area contributed by atoms with Gasteiger partial charge in [-0.25, -0.2) is 8.42 Å². The molecule has 0 heterocycles. The Morgan fingerprint density at radius 3 is 2.54 bits per heavy atom. The van der Waals surface area contributed by atoms with E-state index in [4.69, 9.17) is 4.18 Å². The van der Waals surface area contributed by atoms with Crippen molar-refractivity contribution in [2.24, 2.45) is 34.5 Å². The summed E-state index contributed by atoms with van der Waals surface area (Å²) in [7, 11) is -4.64. The molecule has 154 valence electrons. The van der Waals surface area contributed by atoms with Crippen LogP contribution in [0.15, 0.2) is 11.6 Å². The van der Waals surface area contributed by atoms with Crippen LogP contribution in [0.4, 0.5) is 0 Å². The predicted molar refractivity (Wildman–Crippen MR) is 101 cm³/mol. The molecule has 8 atom stereocenters. The van der Waals surface area contributed by atoms with Crippen molar-refractivity contribution in [1.82, 2.24) is 0 Å². The SMILES string of the molecule is CC(O)C1CCC2C3CC=C4CC(OS(=O)(=O)[O-])CCC4(C)C3CCC12C.[Na+]. The summed E-state index contributed by atoms with van der Waals surface area (Å²) in [5, 5.41) is 10.3. The van der Waals surface area contributed by atoms with E-state index in [1.54, 1.807) is 0 Å². The van der Waals surface area contributed by atoms with Crippen LogP contribution in [0.3, 0.4) is 0 Å². The Kier molecular flexibility index (Phi) is 6.57. The molecule has 1 N–H and O–H groups in total. The topological polar surface area (TPSA) is 86.7 Å². The Morgan fingerprint density at radius 2 is 1.89 bits per heavy atom. The van der Waals surface area contributed by atoms with Crippen molar-refractivity contribution in [1.29, 1.82) is 0 Å². The normalized spacial score (nSPS) is 46.5. The minimum Gasteiger partial charge on any atom is -0.726 e. The van der Waals surface area contributed by atoms with E-state index in [1.165, 1.54) is 24.8 Å². The zero-order valence-corrected chi connectivity index (χ0v) is 20.5. The molecule has 0 bridgehead atoms. The number of fused-ring (bicyclic) bond motifs is 5. The molecule has 0 amide bonds. The van der Waals surface area contributed by atoms with Gasteiger partial charge in [-0.15, -0.1) is 0 Å². The first-order chi connectivity index (χ1) is 12.5. The van der Waals surface area contributed by atoms with Crippen LogP contribution in [0, 0.1) is 34.5 Å². The number of aliphatic hydroxyl groups is 1. The van der Waals surface area contributed by atoms with Crippen LogP contribution in [-0.4, -0.2) is 30.3 Å². The average molecular weight is 421 g/mol. The van der Waals surface area contributed by atoms with Gasteiger partial charge >= 0.3 is 29.6 Å². The smallest absolute Gasteiger partial charge is 0.726 e. The van der Waals surface area contributed by atoms with E-state index in [0.717, 1.165) is 19.3 Å². The maximum Gasteiger partial charge on any atom is 1.00 e. The van der Waals surface area contributed by atoms with Gasteiger partial charge < -0.3 is 9.66 Å². The van der Waals surface area contributed by atoms with Crippen LogP contribution < -0.4 is 29.6 Å². The van der Waals surface area contributed by atoms with Gasteiger partial charge in [0.1, 0.15) is 0 Å². The molecule has 0 aromatic heterocycles. The molecular weight excluding hydrogens is 387 g/mol.